The Morgan fingerprint density at radius 2 is 1.46 bits per heavy atom. The molecule has 0 unspecified atom stereocenters. The second-order valence-electron chi connectivity index (χ2n) is 8.35. The van der Waals surface area contributed by atoms with Crippen molar-refractivity contribution in [2.45, 2.75) is 23.3 Å². The minimum absolute atomic E-state index is 0.171. The summed E-state index contributed by atoms with van der Waals surface area (Å²) < 4.78 is 23.1. The van der Waals surface area contributed by atoms with Crippen LogP contribution in [0.4, 0.5) is 10.5 Å². The molecule has 10 heteroatoms. The van der Waals surface area contributed by atoms with Crippen LogP contribution in [0.3, 0.4) is 0 Å². The van der Waals surface area contributed by atoms with Crippen LogP contribution in [0.15, 0.2) is 89.8 Å². The molecule has 3 aromatic carbocycles. The lowest BCUT2D eigenvalue weighted by Crippen LogP contribution is -2.51. The Morgan fingerprint density at radius 1 is 0.886 bits per heavy atom. The molecule has 0 saturated carbocycles. The number of primary sulfonamides is 1. The Kier molecular flexibility index (Phi) is 6.68. The molecule has 0 aliphatic carbocycles. The number of carbonyl (C=O) groups is 3. The Hall–Kier alpha value is -4.02. The van der Waals surface area contributed by atoms with Crippen LogP contribution in [0.5, 0.6) is 0 Å². The van der Waals surface area contributed by atoms with E-state index in [-0.39, 0.29) is 23.4 Å². The number of rotatable bonds is 8. The highest BCUT2D eigenvalue weighted by molar-refractivity contribution is 7.89. The van der Waals surface area contributed by atoms with Gasteiger partial charge in [-0.2, -0.15) is 0 Å². The second-order valence-corrected chi connectivity index (χ2v) is 9.91. The molecule has 0 aromatic heterocycles. The first kappa shape index (κ1) is 24.1. The number of amides is 4. The highest BCUT2D eigenvalue weighted by Crippen LogP contribution is 2.27. The highest BCUT2D eigenvalue weighted by atomic mass is 32.2. The van der Waals surface area contributed by atoms with Crippen molar-refractivity contribution in [3.63, 3.8) is 0 Å². The fraction of sp³-hybridized carbons (Fsp3) is 0.160. The summed E-state index contributed by atoms with van der Waals surface area (Å²) in [5, 5.41) is 10.5. The van der Waals surface area contributed by atoms with Gasteiger partial charge in [0.05, 0.1) is 4.90 Å². The van der Waals surface area contributed by atoms with Crippen molar-refractivity contribution in [2.24, 2.45) is 5.14 Å². The van der Waals surface area contributed by atoms with E-state index in [9.17, 15) is 22.8 Å². The van der Waals surface area contributed by atoms with Gasteiger partial charge in [0, 0.05) is 18.5 Å². The number of nitrogens with one attached hydrogen (secondary N) is 2. The third-order valence-corrected chi connectivity index (χ3v) is 6.60. The molecule has 4 N–H and O–H groups in total. The summed E-state index contributed by atoms with van der Waals surface area (Å²) in [7, 11) is -3.96. The number of anilines is 1. The molecule has 1 saturated heterocycles. The van der Waals surface area contributed by atoms with Gasteiger partial charge in [-0.15, -0.1) is 0 Å². The van der Waals surface area contributed by atoms with Gasteiger partial charge in [0.25, 0.3) is 5.91 Å². The Balaban J connectivity index is 1.55. The van der Waals surface area contributed by atoms with Gasteiger partial charge in [-0.3, -0.25) is 14.5 Å². The van der Waals surface area contributed by atoms with Gasteiger partial charge in [0.1, 0.15) is 12.1 Å². The van der Waals surface area contributed by atoms with E-state index in [1.165, 1.54) is 24.3 Å². The minimum Gasteiger partial charge on any atom is -0.324 e. The first-order valence-electron chi connectivity index (χ1n) is 10.8. The van der Waals surface area contributed by atoms with Gasteiger partial charge in [0.2, 0.25) is 15.9 Å². The number of urea groups is 1. The van der Waals surface area contributed by atoms with E-state index in [0.717, 1.165) is 16.0 Å². The first-order valence-corrected chi connectivity index (χ1v) is 12.4. The summed E-state index contributed by atoms with van der Waals surface area (Å²) >= 11 is 0. The predicted molar refractivity (Wildman–Crippen MR) is 130 cm³/mol. The smallest absolute Gasteiger partial charge is 0.324 e. The van der Waals surface area contributed by atoms with E-state index in [0.29, 0.717) is 0 Å². The summed E-state index contributed by atoms with van der Waals surface area (Å²) in [5.41, 5.74) is 0.646. The Labute approximate surface area is 203 Å². The third-order valence-electron chi connectivity index (χ3n) is 5.69. The van der Waals surface area contributed by atoms with Crippen LogP contribution in [-0.2, 0) is 32.5 Å². The van der Waals surface area contributed by atoms with Crippen molar-refractivity contribution < 1.29 is 22.8 Å². The molecule has 35 heavy (non-hydrogen) atoms. The lowest BCUT2D eigenvalue weighted by Gasteiger charge is -2.27. The van der Waals surface area contributed by atoms with Crippen molar-refractivity contribution >= 4 is 33.6 Å². The normalized spacial score (nSPS) is 15.1. The second kappa shape index (κ2) is 9.69. The lowest BCUT2D eigenvalue weighted by atomic mass is 9.84. The van der Waals surface area contributed by atoms with E-state index in [2.05, 4.69) is 10.6 Å². The standard InChI is InChI=1S/C25H24N4O5S/c26-35(33,34)21-13-7-12-20(14-21)27-22(30)17-29-23(31)25(28-24(29)32,15-18-8-3-1-4-9-18)16-19-10-5-2-6-11-19/h1-14H,15-17H2,(H,27,30)(H,28,32)(H2,26,33,34). The van der Waals surface area contributed by atoms with Crippen molar-refractivity contribution in [3.8, 4) is 0 Å². The predicted octanol–water partition coefficient (Wildman–Crippen LogP) is 2.05. The van der Waals surface area contributed by atoms with Crippen LogP contribution < -0.4 is 15.8 Å². The van der Waals surface area contributed by atoms with Crippen LogP contribution in [0.2, 0.25) is 0 Å². The number of imide groups is 1. The van der Waals surface area contributed by atoms with E-state index in [4.69, 9.17) is 5.14 Å². The first-order chi connectivity index (χ1) is 16.7. The molecule has 0 radical (unpaired) electrons. The van der Waals surface area contributed by atoms with Gasteiger partial charge < -0.3 is 10.6 Å². The minimum atomic E-state index is -3.96. The maximum absolute atomic E-state index is 13.6. The fourth-order valence-electron chi connectivity index (χ4n) is 4.11. The number of carbonyl (C=O) groups excluding carboxylic acids is 3. The van der Waals surface area contributed by atoms with E-state index in [1.807, 2.05) is 60.7 Å². The molecule has 1 aliphatic rings. The Morgan fingerprint density at radius 3 is 2.00 bits per heavy atom. The summed E-state index contributed by atoms with van der Waals surface area (Å²) in [6, 6.07) is 23.4. The molecule has 0 bridgehead atoms. The van der Waals surface area contributed by atoms with Crippen LogP contribution in [0, 0.1) is 0 Å². The number of sulfonamides is 1. The van der Waals surface area contributed by atoms with Crippen molar-refractivity contribution in [1.29, 1.82) is 0 Å². The molecule has 180 valence electrons. The maximum Gasteiger partial charge on any atom is 0.325 e. The van der Waals surface area contributed by atoms with Crippen LogP contribution in [0.1, 0.15) is 11.1 Å². The van der Waals surface area contributed by atoms with Gasteiger partial charge in [-0.1, -0.05) is 66.7 Å². The molecule has 1 aliphatic heterocycles. The summed E-state index contributed by atoms with van der Waals surface area (Å²) in [4.78, 5) is 39.9. The number of nitrogens with zero attached hydrogens (tertiary/aromatic N) is 1. The molecular weight excluding hydrogens is 468 g/mol. The van der Waals surface area contributed by atoms with Crippen LogP contribution in [-0.4, -0.2) is 43.2 Å². The van der Waals surface area contributed by atoms with E-state index in [1.54, 1.807) is 0 Å². The van der Waals surface area contributed by atoms with Crippen LogP contribution in [0.25, 0.3) is 0 Å². The van der Waals surface area contributed by atoms with E-state index < -0.39 is 40.0 Å². The maximum atomic E-state index is 13.6. The zero-order valence-electron chi connectivity index (χ0n) is 18.7. The summed E-state index contributed by atoms with van der Waals surface area (Å²) in [5.74, 6) is -1.17. The highest BCUT2D eigenvalue weighted by Gasteiger charge is 2.51. The molecule has 4 amide bonds. The fourth-order valence-corrected chi connectivity index (χ4v) is 4.67. The molecule has 0 spiro atoms. The van der Waals surface area contributed by atoms with Crippen molar-refractivity contribution in [3.05, 3.63) is 96.1 Å². The Bertz CT molecular complexity index is 1320. The molecule has 1 heterocycles. The topological polar surface area (TPSA) is 139 Å². The SMILES string of the molecule is NS(=O)(=O)c1cccc(NC(=O)CN2C(=O)NC(Cc3ccccc3)(Cc3ccccc3)C2=O)c1. The largest absolute Gasteiger partial charge is 0.325 e. The number of nitrogens with two attached hydrogens (primary N) is 1. The molecule has 9 nitrogen and oxygen atoms in total. The third kappa shape index (κ3) is 5.56. The van der Waals surface area contributed by atoms with E-state index >= 15 is 0 Å². The molecule has 4 rings (SSSR count). The zero-order chi connectivity index (χ0) is 25.1. The monoisotopic (exact) mass is 492 g/mol. The van der Waals surface area contributed by atoms with Gasteiger partial charge in [0.15, 0.2) is 0 Å². The molecule has 0 atom stereocenters. The van der Waals surface area contributed by atoms with Gasteiger partial charge in [-0.25, -0.2) is 18.4 Å². The molecule has 3 aromatic rings. The molecular formula is C25H24N4O5S. The number of hydrogen-bond donors (Lipinski definition) is 3. The van der Waals surface area contributed by atoms with Gasteiger partial charge in [-0.05, 0) is 29.3 Å². The average molecular weight is 493 g/mol. The lowest BCUT2D eigenvalue weighted by molar-refractivity contribution is -0.133. The molecule has 1 fully saturated rings. The van der Waals surface area contributed by atoms with Crippen molar-refractivity contribution in [1.82, 2.24) is 10.2 Å². The number of hydrogen-bond acceptors (Lipinski definition) is 5. The number of benzene rings is 3. The summed E-state index contributed by atoms with van der Waals surface area (Å²) in [6.45, 7) is -0.532. The van der Waals surface area contributed by atoms with Gasteiger partial charge >= 0.3 is 6.03 Å². The van der Waals surface area contributed by atoms with Crippen molar-refractivity contribution in [2.75, 3.05) is 11.9 Å². The summed E-state index contributed by atoms with van der Waals surface area (Å²) in [6.07, 6.45) is 0.504. The van der Waals surface area contributed by atoms with Crippen LogP contribution >= 0.6 is 0 Å². The quantitative estimate of drug-likeness (QED) is 0.413. The average Bonchev–Trinajstić information content (AvgIpc) is 3.04. The zero-order valence-corrected chi connectivity index (χ0v) is 19.5.